The molecule has 0 N–H and O–H groups in total. The standard InChI is InChI=1S/C11H18O4/c1-2-13-7-11(12)14-6-8-3-4-9-10(5-8)15-9/h8-10H,2-7H2,1H3. The van der Waals surface area contributed by atoms with Gasteiger partial charge in [-0.05, 0) is 32.1 Å². The molecule has 2 rings (SSSR count). The van der Waals surface area contributed by atoms with Gasteiger partial charge in [-0.25, -0.2) is 4.79 Å². The van der Waals surface area contributed by atoms with E-state index in [1.807, 2.05) is 6.92 Å². The Hall–Kier alpha value is -0.610. The lowest BCUT2D eigenvalue weighted by atomic mass is 9.90. The molecular weight excluding hydrogens is 196 g/mol. The van der Waals surface area contributed by atoms with E-state index in [1.165, 1.54) is 0 Å². The third kappa shape index (κ3) is 3.18. The lowest BCUT2D eigenvalue weighted by molar-refractivity contribution is -0.150. The highest BCUT2D eigenvalue weighted by Crippen LogP contribution is 2.39. The van der Waals surface area contributed by atoms with Crippen molar-refractivity contribution in [3.8, 4) is 0 Å². The van der Waals surface area contributed by atoms with Gasteiger partial charge >= 0.3 is 5.97 Å². The Morgan fingerprint density at radius 2 is 2.27 bits per heavy atom. The Morgan fingerprint density at radius 3 is 3.00 bits per heavy atom. The monoisotopic (exact) mass is 214 g/mol. The predicted molar refractivity (Wildman–Crippen MR) is 53.5 cm³/mol. The number of fused-ring (bicyclic) bond motifs is 1. The zero-order chi connectivity index (χ0) is 10.7. The second-order valence-electron chi connectivity index (χ2n) is 4.21. The van der Waals surface area contributed by atoms with E-state index in [4.69, 9.17) is 14.2 Å². The summed E-state index contributed by atoms with van der Waals surface area (Å²) < 4.78 is 15.5. The number of epoxide rings is 1. The van der Waals surface area contributed by atoms with Crippen LogP contribution in [-0.2, 0) is 19.0 Å². The van der Waals surface area contributed by atoms with E-state index in [9.17, 15) is 4.79 Å². The maximum absolute atomic E-state index is 11.2. The first-order valence-corrected chi connectivity index (χ1v) is 5.68. The van der Waals surface area contributed by atoms with E-state index >= 15 is 0 Å². The average Bonchev–Trinajstić information content (AvgIpc) is 3.01. The van der Waals surface area contributed by atoms with Crippen molar-refractivity contribution in [1.82, 2.24) is 0 Å². The summed E-state index contributed by atoms with van der Waals surface area (Å²) in [5.41, 5.74) is 0. The topological polar surface area (TPSA) is 48.1 Å². The minimum atomic E-state index is -0.254. The number of carbonyl (C=O) groups is 1. The largest absolute Gasteiger partial charge is 0.464 e. The molecule has 3 unspecified atom stereocenters. The summed E-state index contributed by atoms with van der Waals surface area (Å²) in [6, 6.07) is 0. The molecule has 1 heterocycles. The van der Waals surface area contributed by atoms with Crippen LogP contribution in [0, 0.1) is 5.92 Å². The van der Waals surface area contributed by atoms with Crippen molar-refractivity contribution in [3.63, 3.8) is 0 Å². The number of ether oxygens (including phenoxy) is 3. The first-order chi connectivity index (χ1) is 7.29. The van der Waals surface area contributed by atoms with E-state index in [0.29, 0.717) is 31.3 Å². The highest BCUT2D eigenvalue weighted by atomic mass is 16.6. The summed E-state index contributed by atoms with van der Waals surface area (Å²) in [4.78, 5) is 11.2. The number of hydrogen-bond acceptors (Lipinski definition) is 4. The van der Waals surface area contributed by atoms with Crippen LogP contribution in [0.25, 0.3) is 0 Å². The van der Waals surface area contributed by atoms with Gasteiger partial charge in [0.15, 0.2) is 0 Å². The Labute approximate surface area is 89.9 Å². The number of esters is 1. The van der Waals surface area contributed by atoms with Gasteiger partial charge < -0.3 is 14.2 Å². The fourth-order valence-electron chi connectivity index (χ4n) is 2.08. The summed E-state index contributed by atoms with van der Waals surface area (Å²) in [5, 5.41) is 0. The molecule has 1 saturated heterocycles. The van der Waals surface area contributed by atoms with Crippen LogP contribution in [0.2, 0.25) is 0 Å². The molecule has 2 aliphatic rings. The van der Waals surface area contributed by atoms with E-state index in [1.54, 1.807) is 0 Å². The molecule has 1 aliphatic heterocycles. The molecule has 3 atom stereocenters. The van der Waals surface area contributed by atoms with Crippen molar-refractivity contribution in [1.29, 1.82) is 0 Å². The maximum Gasteiger partial charge on any atom is 0.332 e. The van der Waals surface area contributed by atoms with Crippen LogP contribution >= 0.6 is 0 Å². The number of rotatable bonds is 5. The molecule has 0 radical (unpaired) electrons. The van der Waals surface area contributed by atoms with Gasteiger partial charge in [0.05, 0.1) is 18.8 Å². The van der Waals surface area contributed by atoms with Crippen molar-refractivity contribution >= 4 is 5.97 Å². The fraction of sp³-hybridized carbons (Fsp3) is 0.909. The van der Waals surface area contributed by atoms with Crippen molar-refractivity contribution in [2.45, 2.75) is 38.4 Å². The zero-order valence-corrected chi connectivity index (χ0v) is 9.11. The summed E-state index contributed by atoms with van der Waals surface area (Å²) >= 11 is 0. The highest BCUT2D eigenvalue weighted by molar-refractivity contribution is 5.70. The smallest absolute Gasteiger partial charge is 0.332 e. The van der Waals surface area contributed by atoms with Gasteiger partial charge in [0.1, 0.15) is 6.61 Å². The molecule has 0 bridgehead atoms. The summed E-state index contributed by atoms with van der Waals surface area (Å²) in [6.07, 6.45) is 4.25. The van der Waals surface area contributed by atoms with Gasteiger partial charge in [-0.2, -0.15) is 0 Å². The SMILES string of the molecule is CCOCC(=O)OCC1CCC2OC2C1. The Morgan fingerprint density at radius 1 is 1.40 bits per heavy atom. The highest BCUT2D eigenvalue weighted by Gasteiger charge is 2.43. The Balaban J connectivity index is 1.58. The first-order valence-electron chi connectivity index (χ1n) is 5.68. The summed E-state index contributed by atoms with van der Waals surface area (Å²) in [7, 11) is 0. The minimum Gasteiger partial charge on any atom is -0.464 e. The van der Waals surface area contributed by atoms with Gasteiger partial charge in [0, 0.05) is 6.61 Å². The number of carbonyl (C=O) groups excluding carboxylic acids is 1. The second-order valence-corrected chi connectivity index (χ2v) is 4.21. The van der Waals surface area contributed by atoms with E-state index in [2.05, 4.69) is 0 Å². The molecule has 0 aromatic rings. The molecular formula is C11H18O4. The third-order valence-corrected chi connectivity index (χ3v) is 3.02. The fourth-order valence-corrected chi connectivity index (χ4v) is 2.08. The molecule has 1 saturated carbocycles. The average molecular weight is 214 g/mol. The molecule has 2 fully saturated rings. The summed E-state index contributed by atoms with van der Waals surface area (Å²) in [6.45, 7) is 3.01. The van der Waals surface area contributed by atoms with Crippen molar-refractivity contribution in [2.75, 3.05) is 19.8 Å². The molecule has 0 aromatic carbocycles. The first kappa shape index (κ1) is 10.9. The van der Waals surface area contributed by atoms with Gasteiger partial charge in [0.2, 0.25) is 0 Å². The molecule has 4 heteroatoms. The normalized spacial score (nSPS) is 33.3. The van der Waals surface area contributed by atoms with Crippen LogP contribution in [0.15, 0.2) is 0 Å². The van der Waals surface area contributed by atoms with Gasteiger partial charge in [-0.3, -0.25) is 0 Å². The van der Waals surface area contributed by atoms with Gasteiger partial charge in [0.25, 0.3) is 0 Å². The second kappa shape index (κ2) is 4.94. The third-order valence-electron chi connectivity index (χ3n) is 3.02. The van der Waals surface area contributed by atoms with Crippen LogP contribution in [0.5, 0.6) is 0 Å². The molecule has 86 valence electrons. The van der Waals surface area contributed by atoms with E-state index < -0.39 is 0 Å². The molecule has 1 aliphatic carbocycles. The lowest BCUT2D eigenvalue weighted by Gasteiger charge is -2.18. The molecule has 4 nitrogen and oxygen atoms in total. The molecule has 0 aromatic heterocycles. The van der Waals surface area contributed by atoms with Crippen molar-refractivity contribution in [3.05, 3.63) is 0 Å². The lowest BCUT2D eigenvalue weighted by Crippen LogP contribution is -2.22. The maximum atomic E-state index is 11.2. The van der Waals surface area contributed by atoms with Crippen molar-refractivity contribution < 1.29 is 19.0 Å². The van der Waals surface area contributed by atoms with Crippen LogP contribution in [0.1, 0.15) is 26.2 Å². The molecule has 15 heavy (non-hydrogen) atoms. The van der Waals surface area contributed by atoms with Crippen LogP contribution in [0.4, 0.5) is 0 Å². The zero-order valence-electron chi connectivity index (χ0n) is 9.11. The Kier molecular flexibility index (Phi) is 3.59. The van der Waals surface area contributed by atoms with Gasteiger partial charge in [-0.15, -0.1) is 0 Å². The van der Waals surface area contributed by atoms with E-state index in [-0.39, 0.29) is 12.6 Å². The quantitative estimate of drug-likeness (QED) is 0.508. The molecule has 0 amide bonds. The predicted octanol–water partition coefficient (Wildman–Crippen LogP) is 1.13. The summed E-state index contributed by atoms with van der Waals surface area (Å²) in [5.74, 6) is 0.231. The van der Waals surface area contributed by atoms with Crippen LogP contribution in [-0.4, -0.2) is 38.0 Å². The van der Waals surface area contributed by atoms with Crippen molar-refractivity contribution in [2.24, 2.45) is 5.92 Å². The van der Waals surface area contributed by atoms with Crippen LogP contribution in [0.3, 0.4) is 0 Å². The minimum absolute atomic E-state index is 0.0752. The van der Waals surface area contributed by atoms with E-state index in [0.717, 1.165) is 19.3 Å². The molecule has 0 spiro atoms. The Bertz CT molecular complexity index is 229. The van der Waals surface area contributed by atoms with Gasteiger partial charge in [-0.1, -0.05) is 0 Å². The number of hydrogen-bond donors (Lipinski definition) is 0. The van der Waals surface area contributed by atoms with Crippen LogP contribution < -0.4 is 0 Å².